The molecule has 0 amide bonds. The predicted molar refractivity (Wildman–Crippen MR) is 66.3 cm³/mol. The number of rotatable bonds is 6. The maximum absolute atomic E-state index is 12.1. The summed E-state index contributed by atoms with van der Waals surface area (Å²) in [6.45, 7) is 2.38. The van der Waals surface area contributed by atoms with Crippen LogP contribution in [0.2, 0.25) is 0 Å². The molecule has 1 aromatic rings. The van der Waals surface area contributed by atoms with Crippen LogP contribution < -0.4 is 10.5 Å². The highest BCUT2D eigenvalue weighted by Crippen LogP contribution is 2.36. The Morgan fingerprint density at radius 3 is 2.78 bits per heavy atom. The molecular weight excluding hydrogens is 256 g/mol. The van der Waals surface area contributed by atoms with Gasteiger partial charge in [-0.1, -0.05) is 6.92 Å². The summed E-state index contributed by atoms with van der Waals surface area (Å²) in [6.07, 6.45) is 3.56. The van der Waals surface area contributed by atoms with Crippen LogP contribution in [0.5, 0.6) is 0 Å². The monoisotopic (exact) mass is 274 g/mol. The van der Waals surface area contributed by atoms with Crippen molar-refractivity contribution < 1.29 is 13.5 Å². The lowest BCUT2D eigenvalue weighted by molar-refractivity contribution is 0.246. The molecule has 102 valence electrons. The van der Waals surface area contributed by atoms with E-state index in [4.69, 9.17) is 10.8 Å². The fraction of sp³-hybridized carbons (Fsp3) is 0.700. The van der Waals surface area contributed by atoms with Gasteiger partial charge in [0, 0.05) is 12.7 Å². The van der Waals surface area contributed by atoms with Crippen molar-refractivity contribution in [3.05, 3.63) is 6.20 Å². The highest BCUT2D eigenvalue weighted by Gasteiger charge is 2.46. The number of nitrogens with two attached hydrogens (primary N) is 1. The molecule has 0 saturated heterocycles. The number of aromatic nitrogens is 2. The third-order valence-corrected chi connectivity index (χ3v) is 4.60. The second kappa shape index (κ2) is 4.52. The zero-order chi connectivity index (χ0) is 13.4. The molecule has 8 heteroatoms. The fourth-order valence-corrected chi connectivity index (χ4v) is 3.28. The highest BCUT2D eigenvalue weighted by atomic mass is 32.2. The van der Waals surface area contributed by atoms with E-state index in [2.05, 4.69) is 9.82 Å². The van der Waals surface area contributed by atoms with Crippen molar-refractivity contribution in [2.45, 2.75) is 43.2 Å². The zero-order valence-corrected chi connectivity index (χ0v) is 11.1. The summed E-state index contributed by atoms with van der Waals surface area (Å²) in [7, 11) is -3.71. The molecule has 1 saturated carbocycles. The molecule has 0 atom stereocenters. The Bertz CT molecular complexity index is 533. The van der Waals surface area contributed by atoms with Gasteiger partial charge < -0.3 is 10.8 Å². The summed E-state index contributed by atoms with van der Waals surface area (Å²) >= 11 is 0. The first-order chi connectivity index (χ1) is 8.42. The standard InChI is InChI=1S/C10H18N4O3S/c1-2-5-14-6-8(9(11)12-14)18(16,17)13-10(7-15)3-4-10/h6,13,15H,2-5,7H2,1H3,(H2,11,12). The molecule has 1 heterocycles. The molecule has 1 aliphatic rings. The maximum atomic E-state index is 12.1. The molecule has 18 heavy (non-hydrogen) atoms. The van der Waals surface area contributed by atoms with Crippen LogP contribution in [-0.4, -0.2) is 35.5 Å². The van der Waals surface area contributed by atoms with E-state index in [0.29, 0.717) is 19.4 Å². The molecular formula is C10H18N4O3S. The van der Waals surface area contributed by atoms with E-state index in [1.807, 2.05) is 6.92 Å². The molecule has 0 aliphatic heterocycles. The number of sulfonamides is 1. The van der Waals surface area contributed by atoms with E-state index < -0.39 is 15.6 Å². The van der Waals surface area contributed by atoms with E-state index in [-0.39, 0.29) is 17.3 Å². The van der Waals surface area contributed by atoms with E-state index in [1.54, 1.807) is 0 Å². The van der Waals surface area contributed by atoms with Gasteiger partial charge in [0.2, 0.25) is 10.0 Å². The quantitative estimate of drug-likeness (QED) is 0.658. The number of aliphatic hydroxyl groups excluding tert-OH is 1. The second-order valence-electron chi connectivity index (χ2n) is 4.69. The van der Waals surface area contributed by atoms with Gasteiger partial charge in [0.05, 0.1) is 12.1 Å². The van der Waals surface area contributed by atoms with Gasteiger partial charge in [-0.15, -0.1) is 0 Å². The van der Waals surface area contributed by atoms with Crippen molar-refractivity contribution >= 4 is 15.8 Å². The van der Waals surface area contributed by atoms with Crippen molar-refractivity contribution in [1.29, 1.82) is 0 Å². The number of nitrogens with one attached hydrogen (secondary N) is 1. The lowest BCUT2D eigenvalue weighted by atomic mass is 10.3. The smallest absolute Gasteiger partial charge is 0.246 e. The molecule has 0 bridgehead atoms. The molecule has 1 aliphatic carbocycles. The van der Waals surface area contributed by atoms with Crippen LogP contribution in [0, 0.1) is 0 Å². The summed E-state index contributed by atoms with van der Waals surface area (Å²) in [5.74, 6) is -0.00955. The van der Waals surface area contributed by atoms with E-state index >= 15 is 0 Å². The lowest BCUT2D eigenvalue weighted by Gasteiger charge is -2.13. The SMILES string of the molecule is CCCn1cc(S(=O)(=O)NC2(CO)CC2)c(N)n1. The number of aryl methyl sites for hydroxylation is 1. The van der Waals surface area contributed by atoms with Gasteiger partial charge in [-0.2, -0.15) is 5.10 Å². The van der Waals surface area contributed by atoms with E-state index in [1.165, 1.54) is 10.9 Å². The van der Waals surface area contributed by atoms with Crippen LogP contribution in [0.1, 0.15) is 26.2 Å². The van der Waals surface area contributed by atoms with Crippen LogP contribution >= 0.6 is 0 Å². The van der Waals surface area contributed by atoms with Crippen LogP contribution in [0.3, 0.4) is 0 Å². The Morgan fingerprint density at radius 2 is 2.28 bits per heavy atom. The third kappa shape index (κ3) is 2.50. The Kier molecular flexibility index (Phi) is 3.35. The number of nitrogen functional groups attached to an aromatic ring is 1. The molecule has 4 N–H and O–H groups in total. The topological polar surface area (TPSA) is 110 Å². The molecule has 2 rings (SSSR count). The van der Waals surface area contributed by atoms with Crippen LogP contribution in [0.25, 0.3) is 0 Å². The number of aliphatic hydroxyl groups is 1. The Hall–Kier alpha value is -1.12. The molecule has 0 aromatic carbocycles. The molecule has 1 aromatic heterocycles. The number of nitrogens with zero attached hydrogens (tertiary/aromatic N) is 2. The Morgan fingerprint density at radius 1 is 1.61 bits per heavy atom. The average molecular weight is 274 g/mol. The van der Waals surface area contributed by atoms with Gasteiger partial charge in [0.15, 0.2) is 5.82 Å². The van der Waals surface area contributed by atoms with Gasteiger partial charge in [-0.25, -0.2) is 13.1 Å². The minimum Gasteiger partial charge on any atom is -0.394 e. The summed E-state index contributed by atoms with van der Waals surface area (Å²) in [4.78, 5) is -0.0179. The largest absolute Gasteiger partial charge is 0.394 e. The van der Waals surface area contributed by atoms with Gasteiger partial charge >= 0.3 is 0 Å². The van der Waals surface area contributed by atoms with Gasteiger partial charge in [0.25, 0.3) is 0 Å². The summed E-state index contributed by atoms with van der Waals surface area (Å²) in [5.41, 5.74) is 4.93. The number of hydrogen-bond donors (Lipinski definition) is 3. The fourth-order valence-electron chi connectivity index (χ4n) is 1.75. The van der Waals surface area contributed by atoms with Crippen LogP contribution in [0.4, 0.5) is 5.82 Å². The van der Waals surface area contributed by atoms with Crippen molar-refractivity contribution in [2.75, 3.05) is 12.3 Å². The first-order valence-electron chi connectivity index (χ1n) is 5.90. The molecule has 1 fully saturated rings. The van der Waals surface area contributed by atoms with Crippen molar-refractivity contribution in [1.82, 2.24) is 14.5 Å². The van der Waals surface area contributed by atoms with Gasteiger partial charge in [-0.05, 0) is 19.3 Å². The van der Waals surface area contributed by atoms with Crippen molar-refractivity contribution in [3.63, 3.8) is 0 Å². The van der Waals surface area contributed by atoms with E-state index in [0.717, 1.165) is 6.42 Å². The summed E-state index contributed by atoms with van der Waals surface area (Å²) in [5, 5.41) is 13.1. The van der Waals surface area contributed by atoms with Crippen molar-refractivity contribution in [3.8, 4) is 0 Å². The van der Waals surface area contributed by atoms with Gasteiger partial charge in [-0.3, -0.25) is 4.68 Å². The third-order valence-electron chi connectivity index (χ3n) is 3.00. The van der Waals surface area contributed by atoms with Gasteiger partial charge in [0.1, 0.15) is 4.90 Å². The molecule has 7 nitrogen and oxygen atoms in total. The number of anilines is 1. The molecule has 0 unspecified atom stereocenters. The molecule has 0 spiro atoms. The average Bonchev–Trinajstić information content (AvgIpc) is 2.95. The lowest BCUT2D eigenvalue weighted by Crippen LogP contribution is -2.39. The Balaban J connectivity index is 2.24. The minimum atomic E-state index is -3.71. The van der Waals surface area contributed by atoms with E-state index in [9.17, 15) is 8.42 Å². The number of hydrogen-bond acceptors (Lipinski definition) is 5. The zero-order valence-electron chi connectivity index (χ0n) is 10.3. The highest BCUT2D eigenvalue weighted by molar-refractivity contribution is 7.89. The predicted octanol–water partition coefficient (Wildman–Crippen LogP) is -0.321. The second-order valence-corrected chi connectivity index (χ2v) is 6.34. The first-order valence-corrected chi connectivity index (χ1v) is 7.38. The molecule has 0 radical (unpaired) electrons. The normalized spacial score (nSPS) is 17.9. The minimum absolute atomic E-state index is 0.00955. The summed E-state index contributed by atoms with van der Waals surface area (Å²) in [6, 6.07) is 0. The summed E-state index contributed by atoms with van der Waals surface area (Å²) < 4.78 is 28.3. The van der Waals surface area contributed by atoms with Crippen LogP contribution in [0.15, 0.2) is 11.1 Å². The van der Waals surface area contributed by atoms with Crippen LogP contribution in [-0.2, 0) is 16.6 Å². The van der Waals surface area contributed by atoms with Crippen molar-refractivity contribution in [2.24, 2.45) is 0 Å². The first kappa shape index (κ1) is 13.3. The Labute approximate surface area is 106 Å². The maximum Gasteiger partial charge on any atom is 0.246 e.